The summed E-state index contributed by atoms with van der Waals surface area (Å²) in [6.07, 6.45) is 3.47. The molecule has 0 bridgehead atoms. The van der Waals surface area contributed by atoms with Crippen molar-refractivity contribution in [3.05, 3.63) is 47.5 Å². The molecule has 0 saturated carbocycles. The molecule has 3 saturated heterocycles. The van der Waals surface area contributed by atoms with Crippen LogP contribution in [0.3, 0.4) is 0 Å². The predicted octanol–water partition coefficient (Wildman–Crippen LogP) is 4.74. The second kappa shape index (κ2) is 9.53. The first-order valence-corrected chi connectivity index (χ1v) is 15.5. The Morgan fingerprint density at radius 2 is 1.88 bits per heavy atom. The second-order valence-corrected chi connectivity index (χ2v) is 15.6. The van der Waals surface area contributed by atoms with Crippen LogP contribution in [-0.2, 0) is 23.4 Å². The molecule has 3 heterocycles. The van der Waals surface area contributed by atoms with Crippen molar-refractivity contribution in [2.45, 2.75) is 102 Å². The predicted molar refractivity (Wildman–Crippen MR) is 129 cm³/mol. The molecule has 1 aromatic carbocycles. The molecule has 7 heteroatoms. The SMILES string of the molecule is C/C(=C\C[C@H]1O[C@H]2C[C@H]3O[C@@H](c4ccccc4)OC[C@@H]3O[C@]2(C)C[C@]1(C)O[Si](C)(C)C)CO. The van der Waals surface area contributed by atoms with E-state index in [2.05, 4.69) is 39.6 Å². The van der Waals surface area contributed by atoms with Gasteiger partial charge in [0.2, 0.25) is 0 Å². The van der Waals surface area contributed by atoms with Crippen molar-refractivity contribution < 1.29 is 28.5 Å². The highest BCUT2D eigenvalue weighted by Crippen LogP contribution is 2.49. The zero-order valence-corrected chi connectivity index (χ0v) is 21.9. The Balaban J connectivity index is 1.54. The normalized spacial score (nSPS) is 39.6. The van der Waals surface area contributed by atoms with Crippen LogP contribution in [0.4, 0.5) is 0 Å². The lowest BCUT2D eigenvalue weighted by Crippen LogP contribution is -2.68. The fraction of sp³-hybridized carbons (Fsp3) is 0.692. The minimum Gasteiger partial charge on any atom is -0.410 e. The van der Waals surface area contributed by atoms with Gasteiger partial charge in [0, 0.05) is 18.4 Å². The molecule has 3 aliphatic rings. The highest BCUT2D eigenvalue weighted by atomic mass is 28.4. The molecule has 0 amide bonds. The fourth-order valence-electron chi connectivity index (χ4n) is 5.55. The molecular formula is C26H40O6Si. The Hall–Kier alpha value is -1.06. The molecule has 3 fully saturated rings. The number of aliphatic hydroxyl groups is 1. The molecular weight excluding hydrogens is 436 g/mol. The highest BCUT2D eigenvalue weighted by Gasteiger charge is 2.58. The van der Waals surface area contributed by atoms with Crippen LogP contribution in [0.25, 0.3) is 0 Å². The van der Waals surface area contributed by atoms with Crippen LogP contribution in [0.15, 0.2) is 42.0 Å². The summed E-state index contributed by atoms with van der Waals surface area (Å²) in [5.74, 6) is 0. The van der Waals surface area contributed by atoms with Crippen LogP contribution in [0.5, 0.6) is 0 Å². The van der Waals surface area contributed by atoms with E-state index in [1.54, 1.807) is 0 Å². The van der Waals surface area contributed by atoms with Crippen LogP contribution in [0.2, 0.25) is 19.6 Å². The molecule has 1 aromatic rings. The van der Waals surface area contributed by atoms with Crippen molar-refractivity contribution in [3.8, 4) is 0 Å². The van der Waals surface area contributed by atoms with Crippen molar-refractivity contribution in [2.24, 2.45) is 0 Å². The molecule has 0 spiro atoms. The van der Waals surface area contributed by atoms with Gasteiger partial charge < -0.3 is 28.5 Å². The lowest BCUT2D eigenvalue weighted by atomic mass is 9.74. The van der Waals surface area contributed by atoms with E-state index in [0.717, 1.165) is 24.0 Å². The van der Waals surface area contributed by atoms with Crippen LogP contribution in [0.1, 0.15) is 51.9 Å². The standard InChI is InChI=1S/C26H40O6Si/c1-18(15-27)12-13-22-26(3,32-33(4,5)6)17-25(2)23(30-22)14-20-21(31-25)16-28-24(29-20)19-10-8-7-9-11-19/h7-12,20-24,27H,13-17H2,1-6H3/b18-12+/t20-,21+,22-,23+,24+,25-,26+/m1/s1. The van der Waals surface area contributed by atoms with Crippen molar-refractivity contribution in [1.82, 2.24) is 0 Å². The number of hydrogen-bond acceptors (Lipinski definition) is 6. The van der Waals surface area contributed by atoms with Gasteiger partial charge in [-0.25, -0.2) is 0 Å². The third-order valence-corrected chi connectivity index (χ3v) is 8.00. The third kappa shape index (κ3) is 5.61. The Morgan fingerprint density at radius 3 is 2.55 bits per heavy atom. The Morgan fingerprint density at radius 1 is 1.15 bits per heavy atom. The van der Waals surface area contributed by atoms with Crippen LogP contribution in [-0.4, -0.2) is 62.3 Å². The molecule has 1 N–H and O–H groups in total. The number of aliphatic hydroxyl groups excluding tert-OH is 1. The summed E-state index contributed by atoms with van der Waals surface area (Å²) in [7, 11) is -1.85. The van der Waals surface area contributed by atoms with Crippen LogP contribution >= 0.6 is 0 Å². The molecule has 6 nitrogen and oxygen atoms in total. The molecule has 0 unspecified atom stereocenters. The summed E-state index contributed by atoms with van der Waals surface area (Å²) in [5, 5.41) is 9.48. The van der Waals surface area contributed by atoms with Crippen molar-refractivity contribution in [3.63, 3.8) is 0 Å². The van der Waals surface area contributed by atoms with Crippen molar-refractivity contribution >= 4 is 8.32 Å². The molecule has 0 radical (unpaired) electrons. The summed E-state index contributed by atoms with van der Waals surface area (Å²) in [6.45, 7) is 13.4. The zero-order chi connectivity index (χ0) is 23.9. The molecule has 4 rings (SSSR count). The largest absolute Gasteiger partial charge is 0.410 e. The maximum atomic E-state index is 9.48. The average Bonchev–Trinajstić information content (AvgIpc) is 2.74. The minimum atomic E-state index is -1.85. The van der Waals surface area contributed by atoms with E-state index in [4.69, 9.17) is 23.4 Å². The molecule has 184 valence electrons. The van der Waals surface area contributed by atoms with Crippen LogP contribution < -0.4 is 0 Å². The molecule has 33 heavy (non-hydrogen) atoms. The first-order valence-electron chi connectivity index (χ1n) is 12.1. The monoisotopic (exact) mass is 476 g/mol. The molecule has 0 aliphatic carbocycles. The zero-order valence-electron chi connectivity index (χ0n) is 20.9. The van der Waals surface area contributed by atoms with Gasteiger partial charge in [-0.2, -0.15) is 0 Å². The first kappa shape index (κ1) is 25.0. The Bertz CT molecular complexity index is 839. The van der Waals surface area contributed by atoms with Gasteiger partial charge in [0.1, 0.15) is 6.10 Å². The summed E-state index contributed by atoms with van der Waals surface area (Å²) in [4.78, 5) is 0. The van der Waals surface area contributed by atoms with E-state index in [1.807, 2.05) is 37.3 Å². The number of fused-ring (bicyclic) bond motifs is 2. The summed E-state index contributed by atoms with van der Waals surface area (Å²) < 4.78 is 32.6. The van der Waals surface area contributed by atoms with Gasteiger partial charge >= 0.3 is 0 Å². The van der Waals surface area contributed by atoms with Gasteiger partial charge in [0.15, 0.2) is 14.6 Å². The van der Waals surface area contributed by atoms with Crippen molar-refractivity contribution in [1.29, 1.82) is 0 Å². The highest BCUT2D eigenvalue weighted by molar-refractivity contribution is 6.69. The summed E-state index contributed by atoms with van der Waals surface area (Å²) in [6, 6.07) is 10.0. The summed E-state index contributed by atoms with van der Waals surface area (Å²) >= 11 is 0. The quantitative estimate of drug-likeness (QED) is 0.472. The van der Waals surface area contributed by atoms with Crippen LogP contribution in [0, 0.1) is 0 Å². The van der Waals surface area contributed by atoms with E-state index in [1.165, 1.54) is 0 Å². The summed E-state index contributed by atoms with van der Waals surface area (Å²) in [5.41, 5.74) is 1.01. The Labute approximate surface area is 199 Å². The molecule has 3 aliphatic heterocycles. The topological polar surface area (TPSA) is 66.4 Å². The number of benzene rings is 1. The third-order valence-electron chi connectivity index (χ3n) is 6.93. The maximum Gasteiger partial charge on any atom is 0.184 e. The van der Waals surface area contributed by atoms with E-state index in [9.17, 15) is 5.11 Å². The van der Waals surface area contributed by atoms with Gasteiger partial charge in [0.25, 0.3) is 0 Å². The number of rotatable bonds is 6. The number of ether oxygens (including phenoxy) is 4. The van der Waals surface area contributed by atoms with E-state index in [-0.39, 0.29) is 37.3 Å². The number of hydrogen-bond donors (Lipinski definition) is 1. The van der Waals surface area contributed by atoms with Gasteiger partial charge in [-0.05, 0) is 46.8 Å². The molecule has 7 atom stereocenters. The van der Waals surface area contributed by atoms with E-state index < -0.39 is 19.5 Å². The Kier molecular flexibility index (Phi) is 7.23. The van der Waals surface area contributed by atoms with Crippen molar-refractivity contribution in [2.75, 3.05) is 13.2 Å². The maximum absolute atomic E-state index is 9.48. The van der Waals surface area contributed by atoms with Gasteiger partial charge in [0.05, 0.1) is 42.7 Å². The molecule has 0 aromatic heterocycles. The lowest BCUT2D eigenvalue weighted by molar-refractivity contribution is -0.352. The smallest absolute Gasteiger partial charge is 0.184 e. The van der Waals surface area contributed by atoms with Gasteiger partial charge in [-0.1, -0.05) is 42.0 Å². The van der Waals surface area contributed by atoms with E-state index >= 15 is 0 Å². The fourth-order valence-corrected chi connectivity index (χ4v) is 7.15. The average molecular weight is 477 g/mol. The minimum absolute atomic E-state index is 0.0566. The lowest BCUT2D eigenvalue weighted by Gasteiger charge is -2.58. The van der Waals surface area contributed by atoms with E-state index in [0.29, 0.717) is 13.0 Å². The first-order chi connectivity index (χ1) is 15.5. The van der Waals surface area contributed by atoms with Gasteiger partial charge in [-0.15, -0.1) is 0 Å². The second-order valence-electron chi connectivity index (χ2n) is 11.2. The van der Waals surface area contributed by atoms with Gasteiger partial charge in [-0.3, -0.25) is 0 Å².